The Morgan fingerprint density at radius 1 is 1.21 bits per heavy atom. The Morgan fingerprint density at radius 2 is 2.07 bits per heavy atom. The molecule has 2 unspecified atom stereocenters. The highest BCUT2D eigenvalue weighted by molar-refractivity contribution is 7.12. The van der Waals surface area contributed by atoms with Crippen LogP contribution in [0.3, 0.4) is 0 Å². The zero-order valence-corrected chi connectivity index (χ0v) is 16.1. The minimum atomic E-state index is -0.710. The molecule has 0 radical (unpaired) electrons. The molecule has 0 aromatic carbocycles. The van der Waals surface area contributed by atoms with Crippen LogP contribution in [0, 0.1) is 5.92 Å². The van der Waals surface area contributed by atoms with Crippen molar-refractivity contribution in [2.45, 2.75) is 25.0 Å². The van der Waals surface area contributed by atoms with Gasteiger partial charge in [0.15, 0.2) is 16.5 Å². The number of hydrogen-bond acceptors (Lipinski definition) is 8. The van der Waals surface area contributed by atoms with Gasteiger partial charge in [0.2, 0.25) is 5.91 Å². The van der Waals surface area contributed by atoms with Gasteiger partial charge in [-0.05, 0) is 12.8 Å². The molecule has 10 nitrogen and oxygen atoms in total. The highest BCUT2D eigenvalue weighted by Gasteiger charge is 2.30. The molecule has 1 aliphatic carbocycles. The molecule has 2 amide bonds. The molecule has 4 heterocycles. The Labute approximate surface area is 169 Å². The molecule has 5 rings (SSSR count). The Bertz CT molecular complexity index is 1090. The smallest absolute Gasteiger partial charge is 0.280 e. The van der Waals surface area contributed by atoms with E-state index in [1.807, 2.05) is 0 Å². The van der Waals surface area contributed by atoms with Crippen molar-refractivity contribution in [2.75, 3.05) is 18.5 Å². The Balaban J connectivity index is 1.32. The number of amides is 2. The molecular weight excluding hydrogens is 396 g/mol. The maximum Gasteiger partial charge on any atom is 0.280 e. The summed E-state index contributed by atoms with van der Waals surface area (Å²) in [6, 6.07) is -0.431. The van der Waals surface area contributed by atoms with E-state index in [9.17, 15) is 14.7 Å². The molecule has 0 spiro atoms. The molecule has 0 bridgehead atoms. The van der Waals surface area contributed by atoms with E-state index in [1.165, 1.54) is 11.3 Å². The van der Waals surface area contributed by atoms with E-state index in [0.29, 0.717) is 22.9 Å². The van der Waals surface area contributed by atoms with Crippen LogP contribution in [0.4, 0.5) is 5.82 Å². The number of imidazole rings is 1. The summed E-state index contributed by atoms with van der Waals surface area (Å²) < 4.78 is 6.90. The van der Waals surface area contributed by atoms with Crippen molar-refractivity contribution in [3.05, 3.63) is 29.0 Å². The van der Waals surface area contributed by atoms with Gasteiger partial charge in [-0.25, -0.2) is 15.0 Å². The lowest BCUT2D eigenvalue weighted by Gasteiger charge is -2.12. The fraction of sp³-hybridized carbons (Fsp3) is 0.389. The summed E-state index contributed by atoms with van der Waals surface area (Å²) in [6.07, 6.45) is 6.21. The molecule has 2 aliphatic rings. The van der Waals surface area contributed by atoms with Crippen molar-refractivity contribution >= 4 is 34.6 Å². The number of aliphatic hydroxyl groups is 1. The van der Waals surface area contributed by atoms with Gasteiger partial charge in [-0.2, -0.15) is 0 Å². The van der Waals surface area contributed by atoms with Crippen LogP contribution in [0.15, 0.2) is 24.0 Å². The van der Waals surface area contributed by atoms with Crippen LogP contribution >= 0.6 is 11.3 Å². The minimum absolute atomic E-state index is 0.00507. The van der Waals surface area contributed by atoms with E-state index >= 15 is 0 Å². The minimum Gasteiger partial charge on any atom is -0.388 e. The summed E-state index contributed by atoms with van der Waals surface area (Å²) in [5.74, 6) is 0.223. The molecule has 11 heteroatoms. The van der Waals surface area contributed by atoms with Gasteiger partial charge in [-0.3, -0.25) is 9.59 Å². The topological polar surface area (TPSA) is 131 Å². The van der Waals surface area contributed by atoms with Gasteiger partial charge in [0.1, 0.15) is 11.4 Å². The van der Waals surface area contributed by atoms with Gasteiger partial charge in [-0.1, -0.05) is 0 Å². The number of anilines is 1. The Kier molecular flexibility index (Phi) is 4.49. The lowest BCUT2D eigenvalue weighted by molar-refractivity contribution is -0.117. The van der Waals surface area contributed by atoms with Gasteiger partial charge in [0.25, 0.3) is 5.91 Å². The number of fused-ring (bicyclic) bond motifs is 1. The number of ether oxygens (including phenoxy) is 1. The van der Waals surface area contributed by atoms with E-state index in [1.54, 1.807) is 28.4 Å². The van der Waals surface area contributed by atoms with Crippen LogP contribution in [-0.2, 0) is 9.53 Å². The molecule has 150 valence electrons. The number of carbonyl (C=O) groups is 2. The first-order chi connectivity index (χ1) is 14.1. The van der Waals surface area contributed by atoms with E-state index in [0.717, 1.165) is 12.8 Å². The number of rotatable bonds is 5. The van der Waals surface area contributed by atoms with Crippen LogP contribution in [0.25, 0.3) is 17.0 Å². The average molecular weight is 414 g/mol. The molecule has 3 N–H and O–H groups in total. The van der Waals surface area contributed by atoms with Crippen molar-refractivity contribution in [3.63, 3.8) is 0 Å². The lowest BCUT2D eigenvalue weighted by atomic mass is 10.2. The predicted molar refractivity (Wildman–Crippen MR) is 104 cm³/mol. The van der Waals surface area contributed by atoms with E-state index in [-0.39, 0.29) is 36.0 Å². The fourth-order valence-electron chi connectivity index (χ4n) is 3.07. The van der Waals surface area contributed by atoms with Crippen LogP contribution < -0.4 is 10.6 Å². The number of aromatic nitrogens is 4. The molecule has 29 heavy (non-hydrogen) atoms. The van der Waals surface area contributed by atoms with Gasteiger partial charge in [0.05, 0.1) is 37.8 Å². The van der Waals surface area contributed by atoms with E-state index < -0.39 is 12.1 Å². The first-order valence-corrected chi connectivity index (χ1v) is 10.1. The van der Waals surface area contributed by atoms with Gasteiger partial charge in [0, 0.05) is 17.5 Å². The second-order valence-corrected chi connectivity index (χ2v) is 8.01. The summed E-state index contributed by atoms with van der Waals surface area (Å²) in [7, 11) is 0. The summed E-state index contributed by atoms with van der Waals surface area (Å²) in [6.45, 7) is 0.496. The number of carbonyl (C=O) groups excluding carboxylic acids is 2. The molecular formula is C18H18N6O4S. The van der Waals surface area contributed by atoms with Crippen molar-refractivity contribution in [1.29, 1.82) is 0 Å². The quantitative estimate of drug-likeness (QED) is 0.560. The molecule has 2 fully saturated rings. The van der Waals surface area contributed by atoms with Crippen LogP contribution in [0.5, 0.6) is 0 Å². The maximum absolute atomic E-state index is 12.4. The standard InChI is InChI=1S/C18H18N6O4S/c25-13-7-28-6-11(13)20-17(27)18-21-12(8-29-18)10-4-24-5-14(22-15(24)3-19-10)23-16(26)9-1-2-9/h3-5,8-9,11,13,25H,1-2,6-7H2,(H,20,27)(H,23,26). The number of thiazole rings is 1. The van der Waals surface area contributed by atoms with Gasteiger partial charge >= 0.3 is 0 Å². The van der Waals surface area contributed by atoms with Crippen molar-refractivity contribution < 1.29 is 19.4 Å². The monoisotopic (exact) mass is 414 g/mol. The van der Waals surface area contributed by atoms with Crippen LogP contribution in [0.1, 0.15) is 22.6 Å². The average Bonchev–Trinajstić information content (AvgIpc) is 3.10. The van der Waals surface area contributed by atoms with Crippen LogP contribution in [-0.4, -0.2) is 61.6 Å². The molecule has 1 saturated heterocycles. The van der Waals surface area contributed by atoms with Crippen LogP contribution in [0.2, 0.25) is 0 Å². The molecule has 3 aromatic heterocycles. The second-order valence-electron chi connectivity index (χ2n) is 7.15. The highest BCUT2D eigenvalue weighted by Crippen LogP contribution is 2.30. The van der Waals surface area contributed by atoms with E-state index in [2.05, 4.69) is 25.6 Å². The largest absolute Gasteiger partial charge is 0.388 e. The van der Waals surface area contributed by atoms with Gasteiger partial charge in [-0.15, -0.1) is 11.3 Å². The summed E-state index contributed by atoms with van der Waals surface area (Å²) in [5, 5.41) is 17.3. The SMILES string of the molecule is O=C(NC1COCC1O)c1nc(-c2cn3cc(NC(=O)C4CC4)nc3cn2)cs1. The fourth-order valence-corrected chi connectivity index (χ4v) is 3.79. The summed E-state index contributed by atoms with van der Waals surface area (Å²) >= 11 is 1.20. The first-order valence-electron chi connectivity index (χ1n) is 9.25. The Morgan fingerprint density at radius 3 is 2.83 bits per heavy atom. The lowest BCUT2D eigenvalue weighted by Crippen LogP contribution is -2.42. The number of nitrogens with zero attached hydrogens (tertiary/aromatic N) is 4. The van der Waals surface area contributed by atoms with E-state index in [4.69, 9.17) is 4.74 Å². The Hall–Kier alpha value is -2.89. The second kappa shape index (κ2) is 7.17. The van der Waals surface area contributed by atoms with Gasteiger partial charge < -0.3 is 24.9 Å². The third-order valence-corrected chi connectivity index (χ3v) is 5.71. The molecule has 3 aromatic rings. The summed E-state index contributed by atoms with van der Waals surface area (Å²) in [5.41, 5.74) is 1.74. The zero-order valence-electron chi connectivity index (χ0n) is 15.2. The number of hydrogen-bond donors (Lipinski definition) is 3. The maximum atomic E-state index is 12.4. The molecule has 2 atom stereocenters. The first kappa shape index (κ1) is 18.2. The molecule has 1 aliphatic heterocycles. The van der Waals surface area contributed by atoms with Crippen molar-refractivity contribution in [2.24, 2.45) is 5.92 Å². The number of aliphatic hydroxyl groups excluding tert-OH is 1. The third-order valence-electron chi connectivity index (χ3n) is 4.87. The highest BCUT2D eigenvalue weighted by atomic mass is 32.1. The zero-order chi connectivity index (χ0) is 20.0. The molecule has 1 saturated carbocycles. The van der Waals surface area contributed by atoms with Crippen molar-refractivity contribution in [3.8, 4) is 11.4 Å². The number of nitrogens with one attached hydrogen (secondary N) is 2. The third kappa shape index (κ3) is 3.71. The predicted octanol–water partition coefficient (Wildman–Crippen LogP) is 0.691. The van der Waals surface area contributed by atoms with Crippen molar-refractivity contribution in [1.82, 2.24) is 24.7 Å². The normalized spacial score (nSPS) is 21.4. The summed E-state index contributed by atoms with van der Waals surface area (Å²) in [4.78, 5) is 37.3.